The maximum atomic E-state index is 4.47. The Morgan fingerprint density at radius 1 is 1.05 bits per heavy atom. The van der Waals surface area contributed by atoms with Gasteiger partial charge in [-0.1, -0.05) is 0 Å². The van der Waals surface area contributed by atoms with Crippen LogP contribution in [-0.4, -0.2) is 29.5 Å². The SMILES string of the molecule is Cn1cc(-c2cnc3nn(-c4cccnc4)cc3c2)cn1. The van der Waals surface area contributed by atoms with Gasteiger partial charge in [0.05, 0.1) is 18.1 Å². The molecule has 4 aromatic heterocycles. The second-order valence-corrected chi connectivity index (χ2v) is 4.82. The summed E-state index contributed by atoms with van der Waals surface area (Å²) in [4.78, 5) is 8.53. The van der Waals surface area contributed by atoms with Crippen molar-refractivity contribution < 1.29 is 0 Å². The molecule has 0 atom stereocenters. The minimum Gasteiger partial charge on any atom is -0.275 e. The molecular formula is C15H12N6. The highest BCUT2D eigenvalue weighted by molar-refractivity contribution is 5.80. The summed E-state index contributed by atoms with van der Waals surface area (Å²) in [5, 5.41) is 9.64. The van der Waals surface area contributed by atoms with Gasteiger partial charge >= 0.3 is 0 Å². The maximum Gasteiger partial charge on any atom is 0.181 e. The van der Waals surface area contributed by atoms with Crippen LogP contribution in [0.1, 0.15) is 0 Å². The predicted octanol–water partition coefficient (Wildman–Crippen LogP) is 2.22. The van der Waals surface area contributed by atoms with Gasteiger partial charge in [-0.25, -0.2) is 9.67 Å². The summed E-state index contributed by atoms with van der Waals surface area (Å²) in [6, 6.07) is 5.91. The van der Waals surface area contributed by atoms with Gasteiger partial charge in [0.25, 0.3) is 0 Å². The molecule has 0 aliphatic carbocycles. The van der Waals surface area contributed by atoms with E-state index in [0.717, 1.165) is 22.2 Å². The van der Waals surface area contributed by atoms with Crippen molar-refractivity contribution >= 4 is 11.0 Å². The number of hydrogen-bond acceptors (Lipinski definition) is 4. The molecule has 4 aromatic rings. The smallest absolute Gasteiger partial charge is 0.181 e. The lowest BCUT2D eigenvalue weighted by Crippen LogP contribution is -1.94. The van der Waals surface area contributed by atoms with E-state index in [9.17, 15) is 0 Å². The molecular weight excluding hydrogens is 264 g/mol. The lowest BCUT2D eigenvalue weighted by Gasteiger charge is -1.97. The quantitative estimate of drug-likeness (QED) is 0.563. The summed E-state index contributed by atoms with van der Waals surface area (Å²) in [5.41, 5.74) is 3.70. The molecule has 0 saturated heterocycles. The van der Waals surface area contributed by atoms with E-state index in [2.05, 4.69) is 26.2 Å². The third-order valence-electron chi connectivity index (χ3n) is 3.31. The zero-order valence-corrected chi connectivity index (χ0v) is 11.4. The molecule has 0 bridgehead atoms. The molecule has 0 saturated carbocycles. The highest BCUT2D eigenvalue weighted by Crippen LogP contribution is 2.22. The van der Waals surface area contributed by atoms with Crippen LogP contribution in [0.4, 0.5) is 0 Å². The van der Waals surface area contributed by atoms with Crippen LogP contribution in [-0.2, 0) is 7.05 Å². The predicted molar refractivity (Wildman–Crippen MR) is 78.9 cm³/mol. The van der Waals surface area contributed by atoms with Crippen LogP contribution in [0, 0.1) is 0 Å². The van der Waals surface area contributed by atoms with Crippen molar-refractivity contribution in [3.05, 3.63) is 55.4 Å². The van der Waals surface area contributed by atoms with Gasteiger partial charge in [0.15, 0.2) is 5.65 Å². The van der Waals surface area contributed by atoms with Crippen molar-refractivity contribution in [2.45, 2.75) is 0 Å². The Bertz CT molecular complexity index is 906. The summed E-state index contributed by atoms with van der Waals surface area (Å²) in [6.07, 6.45) is 11.1. The van der Waals surface area contributed by atoms with Gasteiger partial charge in [-0.3, -0.25) is 9.67 Å². The molecule has 0 aromatic carbocycles. The standard InChI is InChI=1S/C15H12N6/c1-20-9-13(7-18-20)11-5-12-10-21(19-15(12)17-6-11)14-3-2-4-16-8-14/h2-10H,1H3. The molecule has 6 nitrogen and oxygen atoms in total. The van der Waals surface area contributed by atoms with Crippen molar-refractivity contribution in [2.75, 3.05) is 0 Å². The molecule has 0 N–H and O–H groups in total. The van der Waals surface area contributed by atoms with E-state index in [1.54, 1.807) is 21.8 Å². The van der Waals surface area contributed by atoms with Crippen LogP contribution >= 0.6 is 0 Å². The van der Waals surface area contributed by atoms with Gasteiger partial charge in [0.1, 0.15) is 0 Å². The Labute approximate surface area is 120 Å². The molecule has 0 aliphatic rings. The number of hydrogen-bond donors (Lipinski definition) is 0. The number of pyridine rings is 2. The van der Waals surface area contributed by atoms with Gasteiger partial charge in [0.2, 0.25) is 0 Å². The fraction of sp³-hybridized carbons (Fsp3) is 0.0667. The molecule has 21 heavy (non-hydrogen) atoms. The van der Waals surface area contributed by atoms with E-state index >= 15 is 0 Å². The summed E-state index contributed by atoms with van der Waals surface area (Å²) >= 11 is 0. The van der Waals surface area contributed by atoms with Crippen molar-refractivity contribution in [1.82, 2.24) is 29.5 Å². The van der Waals surface area contributed by atoms with E-state index in [1.165, 1.54) is 0 Å². The Morgan fingerprint density at radius 2 is 2.00 bits per heavy atom. The van der Waals surface area contributed by atoms with Crippen LogP contribution in [0.5, 0.6) is 0 Å². The fourth-order valence-electron chi connectivity index (χ4n) is 2.27. The number of aromatic nitrogens is 6. The summed E-state index contributed by atoms with van der Waals surface area (Å²) in [7, 11) is 1.90. The highest BCUT2D eigenvalue weighted by Gasteiger charge is 2.07. The average molecular weight is 276 g/mol. The molecule has 0 amide bonds. The summed E-state index contributed by atoms with van der Waals surface area (Å²) < 4.78 is 3.57. The number of rotatable bonds is 2. The highest BCUT2D eigenvalue weighted by atomic mass is 15.3. The first kappa shape index (κ1) is 11.8. The summed E-state index contributed by atoms with van der Waals surface area (Å²) in [5.74, 6) is 0. The van der Waals surface area contributed by atoms with Crippen LogP contribution in [0.25, 0.3) is 27.8 Å². The molecule has 6 heteroatoms. The molecule has 0 radical (unpaired) electrons. The monoisotopic (exact) mass is 276 g/mol. The molecule has 4 rings (SSSR count). The first-order valence-corrected chi connectivity index (χ1v) is 6.54. The van der Waals surface area contributed by atoms with Crippen molar-refractivity contribution in [1.29, 1.82) is 0 Å². The first-order valence-electron chi connectivity index (χ1n) is 6.54. The van der Waals surface area contributed by atoms with E-state index < -0.39 is 0 Å². The van der Waals surface area contributed by atoms with Crippen molar-refractivity contribution in [2.24, 2.45) is 7.05 Å². The minimum absolute atomic E-state index is 0.714. The van der Waals surface area contributed by atoms with Gasteiger partial charge in [-0.2, -0.15) is 5.10 Å². The number of nitrogens with zero attached hydrogens (tertiary/aromatic N) is 6. The third-order valence-corrected chi connectivity index (χ3v) is 3.31. The van der Waals surface area contributed by atoms with Crippen LogP contribution in [0.2, 0.25) is 0 Å². The van der Waals surface area contributed by atoms with Crippen molar-refractivity contribution in [3.8, 4) is 16.8 Å². The zero-order chi connectivity index (χ0) is 14.2. The normalized spacial score (nSPS) is 11.1. The number of aryl methyl sites for hydroxylation is 1. The first-order chi connectivity index (χ1) is 10.3. The maximum absolute atomic E-state index is 4.47. The van der Waals surface area contributed by atoms with Crippen LogP contribution < -0.4 is 0 Å². The van der Waals surface area contributed by atoms with Gasteiger partial charge in [0, 0.05) is 48.3 Å². The third kappa shape index (κ3) is 2.06. The minimum atomic E-state index is 0.714. The van der Waals surface area contributed by atoms with Gasteiger partial charge in [-0.15, -0.1) is 5.10 Å². The van der Waals surface area contributed by atoms with E-state index in [-0.39, 0.29) is 0 Å². The Balaban J connectivity index is 1.82. The van der Waals surface area contributed by atoms with Crippen molar-refractivity contribution in [3.63, 3.8) is 0 Å². The molecule has 0 unspecified atom stereocenters. The van der Waals surface area contributed by atoms with Gasteiger partial charge in [-0.05, 0) is 18.2 Å². The Hall–Kier alpha value is -3.02. The summed E-state index contributed by atoms with van der Waals surface area (Å²) in [6.45, 7) is 0. The second kappa shape index (κ2) is 4.52. The largest absolute Gasteiger partial charge is 0.275 e. The van der Waals surface area contributed by atoms with Crippen LogP contribution in [0.3, 0.4) is 0 Å². The average Bonchev–Trinajstić information content (AvgIpc) is 3.13. The molecule has 0 aliphatic heterocycles. The molecule has 0 spiro atoms. The van der Waals surface area contributed by atoms with Crippen LogP contribution in [0.15, 0.2) is 55.4 Å². The number of fused-ring (bicyclic) bond motifs is 1. The lowest BCUT2D eigenvalue weighted by molar-refractivity contribution is 0.768. The molecule has 102 valence electrons. The second-order valence-electron chi connectivity index (χ2n) is 4.82. The van der Waals surface area contributed by atoms with E-state index in [1.807, 2.05) is 44.0 Å². The van der Waals surface area contributed by atoms with Gasteiger partial charge < -0.3 is 0 Å². The van der Waals surface area contributed by atoms with E-state index in [0.29, 0.717) is 5.65 Å². The zero-order valence-electron chi connectivity index (χ0n) is 11.4. The Kier molecular flexibility index (Phi) is 2.53. The lowest BCUT2D eigenvalue weighted by atomic mass is 10.1. The molecule has 0 fully saturated rings. The topological polar surface area (TPSA) is 61.4 Å². The van der Waals surface area contributed by atoms with E-state index in [4.69, 9.17) is 0 Å². The molecule has 4 heterocycles. The fourth-order valence-corrected chi connectivity index (χ4v) is 2.27. The Morgan fingerprint density at radius 3 is 2.76 bits per heavy atom.